The molecule has 0 amide bonds. The third-order valence-corrected chi connectivity index (χ3v) is 3.32. The van der Waals surface area contributed by atoms with Crippen molar-refractivity contribution in [1.82, 2.24) is 4.98 Å². The third-order valence-electron chi connectivity index (χ3n) is 3.03. The van der Waals surface area contributed by atoms with Gasteiger partial charge in [0.05, 0.1) is 23.9 Å². The van der Waals surface area contributed by atoms with Crippen LogP contribution in [0.25, 0.3) is 0 Å². The molecular weight excluding hydrogens is 290 g/mol. The van der Waals surface area contributed by atoms with E-state index in [1.54, 1.807) is 32.2 Å². The van der Waals surface area contributed by atoms with Gasteiger partial charge in [-0.3, -0.25) is 4.98 Å². The summed E-state index contributed by atoms with van der Waals surface area (Å²) in [6, 6.07) is 8.92. The van der Waals surface area contributed by atoms with Crippen LogP contribution in [0.2, 0.25) is 5.02 Å². The highest BCUT2D eigenvalue weighted by molar-refractivity contribution is 6.32. The SMILES string of the molecule is COc1cc(C)nc(COc2ccc([C@H](C)O)cc2Cl)c1. The fraction of sp³-hybridized carbons (Fsp3) is 0.312. The van der Waals surface area contributed by atoms with E-state index in [2.05, 4.69) is 4.98 Å². The monoisotopic (exact) mass is 307 g/mol. The Bertz CT molecular complexity index is 629. The second-order valence-corrected chi connectivity index (χ2v) is 5.20. The minimum absolute atomic E-state index is 0.297. The van der Waals surface area contributed by atoms with Gasteiger partial charge in [0.25, 0.3) is 0 Å². The first kappa shape index (κ1) is 15.6. The first-order chi connectivity index (χ1) is 9.99. The summed E-state index contributed by atoms with van der Waals surface area (Å²) in [5.41, 5.74) is 2.38. The van der Waals surface area contributed by atoms with Crippen molar-refractivity contribution in [3.8, 4) is 11.5 Å². The van der Waals surface area contributed by atoms with Gasteiger partial charge in [0.15, 0.2) is 0 Å². The van der Waals surface area contributed by atoms with E-state index in [0.29, 0.717) is 17.4 Å². The maximum atomic E-state index is 9.51. The van der Waals surface area contributed by atoms with Crippen molar-refractivity contribution in [3.05, 3.63) is 52.3 Å². The highest BCUT2D eigenvalue weighted by atomic mass is 35.5. The highest BCUT2D eigenvalue weighted by Crippen LogP contribution is 2.28. The average molecular weight is 308 g/mol. The molecule has 1 N–H and O–H groups in total. The van der Waals surface area contributed by atoms with Crippen molar-refractivity contribution < 1.29 is 14.6 Å². The molecule has 21 heavy (non-hydrogen) atoms. The molecule has 0 fully saturated rings. The van der Waals surface area contributed by atoms with Crippen LogP contribution in [-0.2, 0) is 6.61 Å². The lowest BCUT2D eigenvalue weighted by atomic mass is 10.1. The van der Waals surface area contributed by atoms with Crippen molar-refractivity contribution >= 4 is 11.6 Å². The van der Waals surface area contributed by atoms with Gasteiger partial charge in [-0.15, -0.1) is 0 Å². The van der Waals surface area contributed by atoms with Crippen LogP contribution in [0.3, 0.4) is 0 Å². The van der Waals surface area contributed by atoms with Crippen LogP contribution in [0.5, 0.6) is 11.5 Å². The van der Waals surface area contributed by atoms with Gasteiger partial charge >= 0.3 is 0 Å². The summed E-state index contributed by atoms with van der Waals surface area (Å²) in [7, 11) is 1.62. The topological polar surface area (TPSA) is 51.6 Å². The molecule has 2 rings (SSSR count). The minimum Gasteiger partial charge on any atom is -0.497 e. The van der Waals surface area contributed by atoms with Gasteiger partial charge in [-0.1, -0.05) is 17.7 Å². The molecule has 1 heterocycles. The first-order valence-electron chi connectivity index (χ1n) is 6.61. The Hall–Kier alpha value is -1.78. The molecule has 0 unspecified atom stereocenters. The molecular formula is C16H18ClNO3. The number of pyridine rings is 1. The van der Waals surface area contributed by atoms with Crippen molar-refractivity contribution in [2.45, 2.75) is 26.6 Å². The van der Waals surface area contributed by atoms with Crippen molar-refractivity contribution in [3.63, 3.8) is 0 Å². The Balaban J connectivity index is 2.11. The molecule has 5 heteroatoms. The van der Waals surface area contributed by atoms with Crippen LogP contribution >= 0.6 is 11.6 Å². The molecule has 112 valence electrons. The molecule has 0 radical (unpaired) electrons. The lowest BCUT2D eigenvalue weighted by Crippen LogP contribution is -2.01. The summed E-state index contributed by atoms with van der Waals surface area (Å²) in [4.78, 5) is 4.38. The molecule has 0 saturated carbocycles. The third kappa shape index (κ3) is 4.09. The van der Waals surface area contributed by atoms with Gasteiger partial charge in [0.1, 0.15) is 18.1 Å². The number of aliphatic hydroxyl groups is 1. The summed E-state index contributed by atoms with van der Waals surface area (Å²) in [6.07, 6.45) is -0.556. The number of aromatic nitrogens is 1. The van der Waals surface area contributed by atoms with E-state index in [1.165, 1.54) is 0 Å². The lowest BCUT2D eigenvalue weighted by Gasteiger charge is -2.11. The van der Waals surface area contributed by atoms with E-state index in [4.69, 9.17) is 21.1 Å². The zero-order valence-electron chi connectivity index (χ0n) is 12.3. The fourth-order valence-electron chi connectivity index (χ4n) is 1.94. The van der Waals surface area contributed by atoms with E-state index in [9.17, 15) is 5.11 Å². The molecule has 0 aliphatic carbocycles. The Morgan fingerprint density at radius 3 is 2.67 bits per heavy atom. The van der Waals surface area contributed by atoms with Crippen molar-refractivity contribution in [1.29, 1.82) is 0 Å². The Kier molecular flexibility index (Phi) is 5.04. The van der Waals surface area contributed by atoms with E-state index in [0.717, 1.165) is 22.7 Å². The highest BCUT2D eigenvalue weighted by Gasteiger charge is 2.08. The van der Waals surface area contributed by atoms with E-state index >= 15 is 0 Å². The first-order valence-corrected chi connectivity index (χ1v) is 6.99. The number of benzene rings is 1. The van der Waals surface area contributed by atoms with Crippen molar-refractivity contribution in [2.75, 3.05) is 7.11 Å². The molecule has 0 saturated heterocycles. The van der Waals surface area contributed by atoms with Gasteiger partial charge in [-0.05, 0) is 31.5 Å². The number of ether oxygens (including phenoxy) is 2. The van der Waals surface area contributed by atoms with Gasteiger partial charge in [0, 0.05) is 17.8 Å². The van der Waals surface area contributed by atoms with Crippen LogP contribution < -0.4 is 9.47 Å². The predicted molar refractivity (Wildman–Crippen MR) is 81.9 cm³/mol. The van der Waals surface area contributed by atoms with Gasteiger partial charge in [0.2, 0.25) is 0 Å². The summed E-state index contributed by atoms with van der Waals surface area (Å²) < 4.78 is 10.9. The Labute approximate surface area is 129 Å². The number of hydrogen-bond donors (Lipinski definition) is 1. The number of methoxy groups -OCH3 is 1. The molecule has 4 nitrogen and oxygen atoms in total. The molecule has 1 aromatic heterocycles. The predicted octanol–water partition coefficient (Wildman–Crippen LogP) is 3.68. The van der Waals surface area contributed by atoms with E-state index < -0.39 is 6.10 Å². The van der Waals surface area contributed by atoms with Crippen LogP contribution in [0.1, 0.15) is 30.0 Å². The summed E-state index contributed by atoms with van der Waals surface area (Å²) in [5, 5.41) is 9.98. The number of rotatable bonds is 5. The Morgan fingerprint density at radius 1 is 1.29 bits per heavy atom. The maximum Gasteiger partial charge on any atom is 0.138 e. The van der Waals surface area contributed by atoms with Gasteiger partial charge in [-0.2, -0.15) is 0 Å². The van der Waals surface area contributed by atoms with Crippen LogP contribution in [0.4, 0.5) is 0 Å². The summed E-state index contributed by atoms with van der Waals surface area (Å²) in [6.45, 7) is 3.89. The molecule has 1 atom stereocenters. The van der Waals surface area contributed by atoms with Crippen LogP contribution in [0.15, 0.2) is 30.3 Å². The van der Waals surface area contributed by atoms with E-state index in [1.807, 2.05) is 19.1 Å². The second kappa shape index (κ2) is 6.78. The summed E-state index contributed by atoms with van der Waals surface area (Å²) in [5.74, 6) is 1.31. The zero-order chi connectivity index (χ0) is 15.4. The molecule has 0 aliphatic rings. The number of halogens is 1. The molecule has 2 aromatic rings. The average Bonchev–Trinajstić information content (AvgIpc) is 2.45. The fourth-order valence-corrected chi connectivity index (χ4v) is 2.18. The number of aliphatic hydroxyl groups excluding tert-OH is 1. The Morgan fingerprint density at radius 2 is 2.05 bits per heavy atom. The number of aryl methyl sites for hydroxylation is 1. The van der Waals surface area contributed by atoms with Gasteiger partial charge < -0.3 is 14.6 Å². The molecule has 1 aromatic carbocycles. The van der Waals surface area contributed by atoms with Crippen LogP contribution in [-0.4, -0.2) is 17.2 Å². The smallest absolute Gasteiger partial charge is 0.138 e. The maximum absolute atomic E-state index is 9.51. The van der Waals surface area contributed by atoms with Gasteiger partial charge in [-0.25, -0.2) is 0 Å². The van der Waals surface area contributed by atoms with E-state index in [-0.39, 0.29) is 0 Å². The summed E-state index contributed by atoms with van der Waals surface area (Å²) >= 11 is 6.15. The molecule has 0 bridgehead atoms. The van der Waals surface area contributed by atoms with Crippen molar-refractivity contribution in [2.24, 2.45) is 0 Å². The molecule has 0 spiro atoms. The normalized spacial score (nSPS) is 12.0. The number of hydrogen-bond acceptors (Lipinski definition) is 4. The molecule has 0 aliphatic heterocycles. The zero-order valence-corrected chi connectivity index (χ0v) is 13.0. The largest absolute Gasteiger partial charge is 0.497 e. The minimum atomic E-state index is -0.556. The standard InChI is InChI=1S/C16H18ClNO3/c1-10-6-14(20-3)8-13(18-10)9-21-16-5-4-12(11(2)19)7-15(16)17/h4-8,11,19H,9H2,1-3H3/t11-/m0/s1. The number of nitrogens with zero attached hydrogens (tertiary/aromatic N) is 1. The lowest BCUT2D eigenvalue weighted by molar-refractivity contribution is 0.199. The second-order valence-electron chi connectivity index (χ2n) is 4.79. The quantitative estimate of drug-likeness (QED) is 0.915. The van der Waals surface area contributed by atoms with Crippen LogP contribution in [0, 0.1) is 6.92 Å².